The van der Waals surface area contributed by atoms with Gasteiger partial charge in [0.05, 0.1) is 11.5 Å². The third kappa shape index (κ3) is 4.65. The Morgan fingerprint density at radius 3 is 2.70 bits per heavy atom. The Morgan fingerprint density at radius 1 is 1.30 bits per heavy atom. The van der Waals surface area contributed by atoms with E-state index in [1.54, 1.807) is 7.05 Å². The van der Waals surface area contributed by atoms with Crippen molar-refractivity contribution in [2.24, 2.45) is 16.8 Å². The van der Waals surface area contributed by atoms with Crippen molar-refractivity contribution in [2.75, 3.05) is 25.1 Å². The zero-order valence-corrected chi connectivity index (χ0v) is 13.4. The van der Waals surface area contributed by atoms with Gasteiger partial charge < -0.3 is 10.6 Å². The molecule has 5 nitrogen and oxygen atoms in total. The molecule has 0 aromatic carbocycles. The maximum atomic E-state index is 11.5. The summed E-state index contributed by atoms with van der Waals surface area (Å²) in [5.74, 6) is 2.80. The summed E-state index contributed by atoms with van der Waals surface area (Å²) in [7, 11) is -1.10. The molecule has 1 saturated heterocycles. The predicted molar refractivity (Wildman–Crippen MR) is 82.7 cm³/mol. The van der Waals surface area contributed by atoms with Crippen LogP contribution in [0.5, 0.6) is 0 Å². The molecule has 1 heterocycles. The first-order chi connectivity index (χ1) is 9.48. The van der Waals surface area contributed by atoms with Crippen molar-refractivity contribution in [1.82, 2.24) is 10.6 Å². The van der Waals surface area contributed by atoms with Crippen LogP contribution in [0, 0.1) is 11.8 Å². The van der Waals surface area contributed by atoms with E-state index in [4.69, 9.17) is 0 Å². The van der Waals surface area contributed by atoms with E-state index in [1.807, 2.05) is 0 Å². The average molecular weight is 301 g/mol. The number of rotatable bonds is 3. The lowest BCUT2D eigenvalue weighted by Gasteiger charge is -2.27. The minimum atomic E-state index is -2.84. The molecule has 0 radical (unpaired) electrons. The summed E-state index contributed by atoms with van der Waals surface area (Å²) in [5, 5.41) is 6.59. The average Bonchev–Trinajstić information content (AvgIpc) is 2.74. The monoisotopic (exact) mass is 301 g/mol. The lowest BCUT2D eigenvalue weighted by atomic mass is 9.82. The summed E-state index contributed by atoms with van der Waals surface area (Å²) in [6, 6.07) is 0.0106. The van der Waals surface area contributed by atoms with Crippen molar-refractivity contribution in [3.63, 3.8) is 0 Å². The van der Waals surface area contributed by atoms with Gasteiger partial charge >= 0.3 is 0 Å². The number of sulfone groups is 1. The standard InChI is InChI=1S/C14H27N3O2S/c1-11-4-3-5-12(8-11)9-16-14(15-2)17-13-6-7-20(18,19)10-13/h11-13H,3-10H2,1-2H3,(H2,15,16,17). The fourth-order valence-electron chi connectivity index (χ4n) is 3.28. The highest BCUT2D eigenvalue weighted by Crippen LogP contribution is 2.27. The van der Waals surface area contributed by atoms with E-state index in [9.17, 15) is 8.42 Å². The van der Waals surface area contributed by atoms with Gasteiger partial charge in [-0.1, -0.05) is 19.8 Å². The normalized spacial score (nSPS) is 33.9. The van der Waals surface area contributed by atoms with E-state index in [0.29, 0.717) is 18.1 Å². The minimum Gasteiger partial charge on any atom is -0.356 e. The Bertz CT molecular complexity index is 447. The molecular weight excluding hydrogens is 274 g/mol. The van der Waals surface area contributed by atoms with Crippen LogP contribution in [-0.4, -0.2) is 45.5 Å². The highest BCUT2D eigenvalue weighted by Gasteiger charge is 2.28. The molecular formula is C14H27N3O2S. The Hall–Kier alpha value is -0.780. The number of hydrogen-bond donors (Lipinski definition) is 2. The van der Waals surface area contributed by atoms with Crippen LogP contribution in [0.1, 0.15) is 39.0 Å². The van der Waals surface area contributed by atoms with E-state index in [2.05, 4.69) is 22.5 Å². The van der Waals surface area contributed by atoms with Crippen molar-refractivity contribution in [1.29, 1.82) is 0 Å². The first-order valence-corrected chi connectivity index (χ1v) is 9.48. The first-order valence-electron chi connectivity index (χ1n) is 7.66. The second-order valence-corrected chi connectivity index (χ2v) is 8.56. The van der Waals surface area contributed by atoms with Gasteiger partial charge in [0, 0.05) is 19.6 Å². The Balaban J connectivity index is 1.75. The molecule has 1 saturated carbocycles. The van der Waals surface area contributed by atoms with E-state index in [-0.39, 0.29) is 11.8 Å². The third-order valence-corrected chi connectivity index (χ3v) is 6.17. The summed E-state index contributed by atoms with van der Waals surface area (Å²) in [5.41, 5.74) is 0. The van der Waals surface area contributed by atoms with Crippen LogP contribution in [0.25, 0.3) is 0 Å². The van der Waals surface area contributed by atoms with Crippen molar-refractivity contribution in [3.05, 3.63) is 0 Å². The molecule has 3 unspecified atom stereocenters. The maximum absolute atomic E-state index is 11.5. The molecule has 0 aromatic heterocycles. The van der Waals surface area contributed by atoms with Crippen LogP contribution in [-0.2, 0) is 9.84 Å². The summed E-state index contributed by atoms with van der Waals surface area (Å²) in [6.07, 6.45) is 5.92. The van der Waals surface area contributed by atoms with Crippen molar-refractivity contribution in [3.8, 4) is 0 Å². The smallest absolute Gasteiger partial charge is 0.191 e. The molecule has 0 bridgehead atoms. The number of nitrogens with one attached hydrogen (secondary N) is 2. The molecule has 20 heavy (non-hydrogen) atoms. The molecule has 1 aliphatic heterocycles. The molecule has 2 N–H and O–H groups in total. The van der Waals surface area contributed by atoms with Gasteiger partial charge in [0.15, 0.2) is 15.8 Å². The number of guanidine groups is 1. The van der Waals surface area contributed by atoms with Gasteiger partial charge in [0.2, 0.25) is 0 Å². The van der Waals surface area contributed by atoms with Gasteiger partial charge in [-0.3, -0.25) is 4.99 Å². The molecule has 0 spiro atoms. The molecule has 6 heteroatoms. The summed E-state index contributed by atoms with van der Waals surface area (Å²) >= 11 is 0. The molecule has 116 valence electrons. The fraction of sp³-hybridized carbons (Fsp3) is 0.929. The van der Waals surface area contributed by atoms with Crippen molar-refractivity contribution >= 4 is 15.8 Å². The second kappa shape index (κ2) is 6.78. The van der Waals surface area contributed by atoms with Gasteiger partial charge in [0.1, 0.15) is 0 Å². The highest BCUT2D eigenvalue weighted by molar-refractivity contribution is 7.91. The Morgan fingerprint density at radius 2 is 2.10 bits per heavy atom. The Kier molecular flexibility index (Phi) is 5.29. The quantitative estimate of drug-likeness (QED) is 0.606. The van der Waals surface area contributed by atoms with E-state index >= 15 is 0 Å². The van der Waals surface area contributed by atoms with E-state index in [1.165, 1.54) is 25.7 Å². The zero-order valence-electron chi connectivity index (χ0n) is 12.6. The summed E-state index contributed by atoms with van der Waals surface area (Å²) < 4.78 is 22.9. The van der Waals surface area contributed by atoms with Gasteiger partial charge in [-0.05, 0) is 31.1 Å². The molecule has 3 atom stereocenters. The van der Waals surface area contributed by atoms with Crippen LogP contribution in [0.2, 0.25) is 0 Å². The number of aliphatic imine (C=N–C) groups is 1. The predicted octanol–water partition coefficient (Wildman–Crippen LogP) is 1.16. The number of nitrogens with zero attached hydrogens (tertiary/aromatic N) is 1. The van der Waals surface area contributed by atoms with Gasteiger partial charge in [-0.2, -0.15) is 0 Å². The largest absolute Gasteiger partial charge is 0.356 e. The Labute approximate surface area is 122 Å². The lowest BCUT2D eigenvalue weighted by Crippen LogP contribution is -2.45. The fourth-order valence-corrected chi connectivity index (χ4v) is 4.96. The molecule has 0 aromatic rings. The first kappa shape index (κ1) is 15.6. The van der Waals surface area contributed by atoms with Crippen molar-refractivity contribution < 1.29 is 8.42 Å². The van der Waals surface area contributed by atoms with Gasteiger partial charge in [-0.15, -0.1) is 0 Å². The second-order valence-electron chi connectivity index (χ2n) is 6.34. The zero-order chi connectivity index (χ0) is 14.6. The molecule has 2 fully saturated rings. The van der Waals surface area contributed by atoms with E-state index in [0.717, 1.165) is 18.4 Å². The minimum absolute atomic E-state index is 0.0106. The maximum Gasteiger partial charge on any atom is 0.191 e. The van der Waals surface area contributed by atoms with Crippen LogP contribution in [0.4, 0.5) is 0 Å². The third-order valence-electron chi connectivity index (χ3n) is 4.40. The van der Waals surface area contributed by atoms with Gasteiger partial charge in [-0.25, -0.2) is 8.42 Å². The molecule has 1 aliphatic carbocycles. The summed E-state index contributed by atoms with van der Waals surface area (Å²) in [6.45, 7) is 3.26. The van der Waals surface area contributed by atoms with Crippen LogP contribution in [0.3, 0.4) is 0 Å². The van der Waals surface area contributed by atoms with Crippen molar-refractivity contribution in [2.45, 2.75) is 45.1 Å². The highest BCUT2D eigenvalue weighted by atomic mass is 32.2. The topological polar surface area (TPSA) is 70.6 Å². The molecule has 2 aliphatic rings. The molecule has 0 amide bonds. The number of hydrogen-bond acceptors (Lipinski definition) is 3. The van der Waals surface area contributed by atoms with E-state index < -0.39 is 9.84 Å². The SMILES string of the molecule is CN=C(NCC1CCCC(C)C1)NC1CCS(=O)(=O)C1. The van der Waals surface area contributed by atoms with Crippen LogP contribution < -0.4 is 10.6 Å². The van der Waals surface area contributed by atoms with Crippen LogP contribution >= 0.6 is 0 Å². The lowest BCUT2D eigenvalue weighted by molar-refractivity contribution is 0.282. The summed E-state index contributed by atoms with van der Waals surface area (Å²) in [4.78, 5) is 4.20. The molecule has 2 rings (SSSR count). The van der Waals surface area contributed by atoms with Gasteiger partial charge in [0.25, 0.3) is 0 Å². The van der Waals surface area contributed by atoms with Crippen LogP contribution in [0.15, 0.2) is 4.99 Å².